The molecule has 0 fully saturated rings. The zero-order valence-corrected chi connectivity index (χ0v) is 20.2. The molecular formula is C27H29F3O4. The zero-order chi connectivity index (χ0) is 25.2. The van der Waals surface area contributed by atoms with E-state index in [0.29, 0.717) is 27.8 Å². The van der Waals surface area contributed by atoms with Gasteiger partial charge in [-0.25, -0.2) is 13.6 Å². The van der Waals surface area contributed by atoms with Crippen LogP contribution >= 0.6 is 0 Å². The van der Waals surface area contributed by atoms with Gasteiger partial charge in [0.25, 0.3) is 6.43 Å². The summed E-state index contributed by atoms with van der Waals surface area (Å²) >= 11 is 0. The highest BCUT2D eigenvalue weighted by atomic mass is 19.3. The highest BCUT2D eigenvalue weighted by molar-refractivity contribution is 5.98. The maximum absolute atomic E-state index is 14.4. The number of halogens is 3. The Morgan fingerprint density at radius 3 is 2.32 bits per heavy atom. The molecule has 3 rings (SSSR count). The Bertz CT molecular complexity index is 1220. The topological polar surface area (TPSA) is 48.7 Å². The number of rotatable bonds is 8. The first-order chi connectivity index (χ1) is 16.0. The van der Waals surface area contributed by atoms with Gasteiger partial charge in [0.15, 0.2) is 0 Å². The number of hydrogen-bond donors (Lipinski definition) is 0. The molecule has 0 aliphatic rings. The summed E-state index contributed by atoms with van der Waals surface area (Å²) in [6, 6.07) is 11.0. The van der Waals surface area contributed by atoms with Crippen LogP contribution in [0.5, 0.6) is 5.75 Å². The van der Waals surface area contributed by atoms with E-state index in [1.54, 1.807) is 18.2 Å². The van der Waals surface area contributed by atoms with Crippen LogP contribution in [-0.2, 0) is 9.53 Å². The van der Waals surface area contributed by atoms with E-state index in [2.05, 4.69) is 18.6 Å². The van der Waals surface area contributed by atoms with Gasteiger partial charge >= 0.3 is 5.97 Å². The third-order valence-corrected chi connectivity index (χ3v) is 5.68. The summed E-state index contributed by atoms with van der Waals surface area (Å²) in [6.07, 6.45) is -2.63. The van der Waals surface area contributed by atoms with E-state index in [4.69, 9.17) is 9.15 Å². The van der Waals surface area contributed by atoms with Crippen molar-refractivity contribution in [3.8, 4) is 16.9 Å². The molecule has 0 radical (unpaired) electrons. The second-order valence-corrected chi connectivity index (χ2v) is 8.76. The number of alkyl halides is 2. The van der Waals surface area contributed by atoms with E-state index in [-0.39, 0.29) is 23.2 Å². The lowest BCUT2D eigenvalue weighted by Crippen LogP contribution is -2.10. The predicted octanol–water partition coefficient (Wildman–Crippen LogP) is 7.86. The van der Waals surface area contributed by atoms with Gasteiger partial charge in [-0.2, -0.15) is 4.39 Å². The Hall–Kier alpha value is -3.22. The quantitative estimate of drug-likeness (QED) is 0.246. The Morgan fingerprint density at radius 1 is 1.03 bits per heavy atom. The van der Waals surface area contributed by atoms with Crippen LogP contribution in [0.2, 0.25) is 0 Å². The van der Waals surface area contributed by atoms with E-state index in [1.165, 1.54) is 6.92 Å². The molecule has 0 N–H and O–H groups in total. The van der Waals surface area contributed by atoms with Crippen LogP contribution in [0.1, 0.15) is 63.3 Å². The number of carbonyl (C=O) groups is 1. The zero-order valence-electron chi connectivity index (χ0n) is 20.2. The molecule has 0 amide bonds. The monoisotopic (exact) mass is 474 g/mol. The van der Waals surface area contributed by atoms with Crippen molar-refractivity contribution in [3.05, 3.63) is 59.1 Å². The predicted molar refractivity (Wildman–Crippen MR) is 127 cm³/mol. The summed E-state index contributed by atoms with van der Waals surface area (Å²) in [5.41, 5.74) is 3.54. The van der Waals surface area contributed by atoms with E-state index >= 15 is 0 Å². The number of allylic oxidation sites excluding steroid dienone is 1. The van der Waals surface area contributed by atoms with Crippen LogP contribution in [-0.4, -0.2) is 26.1 Å². The SMILES string of the molecule is COC(=O)/C(F)=C(\C)c1cc2cccc(-c3cc(C(C)C)cc(C(C)C)c3OCC(F)F)c2o1. The molecule has 0 saturated carbocycles. The molecule has 7 heteroatoms. The fourth-order valence-corrected chi connectivity index (χ4v) is 3.76. The molecule has 2 aromatic carbocycles. The highest BCUT2D eigenvalue weighted by Crippen LogP contribution is 2.43. The summed E-state index contributed by atoms with van der Waals surface area (Å²) in [5.74, 6) is -1.38. The van der Waals surface area contributed by atoms with Crippen LogP contribution in [0.25, 0.3) is 27.7 Å². The molecule has 0 atom stereocenters. The van der Waals surface area contributed by atoms with Gasteiger partial charge in [0.2, 0.25) is 5.83 Å². The number of methoxy groups -OCH3 is 1. The molecule has 0 saturated heterocycles. The molecule has 4 nitrogen and oxygen atoms in total. The molecule has 0 bridgehead atoms. The number of ether oxygens (including phenoxy) is 2. The Labute approximate surface area is 197 Å². The number of hydrogen-bond acceptors (Lipinski definition) is 4. The molecule has 0 aliphatic carbocycles. The average molecular weight is 475 g/mol. The summed E-state index contributed by atoms with van der Waals surface area (Å²) in [5, 5.41) is 0.672. The van der Waals surface area contributed by atoms with Gasteiger partial charge in [0, 0.05) is 22.1 Å². The van der Waals surface area contributed by atoms with Gasteiger partial charge in [-0.1, -0.05) is 52.0 Å². The lowest BCUT2D eigenvalue weighted by molar-refractivity contribution is -0.137. The van der Waals surface area contributed by atoms with E-state index in [9.17, 15) is 18.0 Å². The minimum Gasteiger partial charge on any atom is -0.487 e. The third kappa shape index (κ3) is 5.13. The van der Waals surface area contributed by atoms with Gasteiger partial charge < -0.3 is 13.9 Å². The van der Waals surface area contributed by atoms with Crippen molar-refractivity contribution in [3.63, 3.8) is 0 Å². The average Bonchev–Trinajstić information content (AvgIpc) is 3.24. The first-order valence-electron chi connectivity index (χ1n) is 11.1. The first-order valence-corrected chi connectivity index (χ1v) is 11.1. The van der Waals surface area contributed by atoms with Crippen LogP contribution in [0.3, 0.4) is 0 Å². The van der Waals surface area contributed by atoms with Gasteiger partial charge in [0.1, 0.15) is 23.7 Å². The third-order valence-electron chi connectivity index (χ3n) is 5.68. The second kappa shape index (κ2) is 10.4. The molecule has 0 aliphatic heterocycles. The smallest absolute Gasteiger partial charge is 0.367 e. The van der Waals surface area contributed by atoms with Crippen molar-refractivity contribution >= 4 is 22.5 Å². The summed E-state index contributed by atoms with van der Waals surface area (Å²) in [6.45, 7) is 8.76. The molecule has 3 aromatic rings. The Morgan fingerprint density at radius 2 is 1.74 bits per heavy atom. The standard InChI is InChI=1S/C27H29F3O4/c1-14(2)18-10-20(15(3)4)26(33-13-23(28)29)21(11-18)19-9-7-8-17-12-22(34-25(17)19)16(5)24(30)27(31)32-6/h7-12,14-15,23H,13H2,1-6H3/b24-16-. The molecule has 0 unspecified atom stereocenters. The molecule has 0 spiro atoms. The van der Waals surface area contributed by atoms with Crippen molar-refractivity contribution in [2.75, 3.05) is 13.7 Å². The minimum absolute atomic E-state index is 0.00183. The van der Waals surface area contributed by atoms with Crippen LogP contribution in [0.15, 0.2) is 46.6 Å². The van der Waals surface area contributed by atoms with Gasteiger partial charge in [-0.3, -0.25) is 0 Å². The maximum Gasteiger partial charge on any atom is 0.367 e. The molecule has 182 valence electrons. The number of furan rings is 1. The number of benzene rings is 2. The van der Waals surface area contributed by atoms with E-state index in [0.717, 1.165) is 18.2 Å². The maximum atomic E-state index is 14.4. The van der Waals surface area contributed by atoms with E-state index < -0.39 is 24.8 Å². The molecule has 1 heterocycles. The summed E-state index contributed by atoms with van der Waals surface area (Å²) < 4.78 is 56.7. The van der Waals surface area contributed by atoms with Crippen molar-refractivity contribution in [2.24, 2.45) is 0 Å². The van der Waals surface area contributed by atoms with Crippen LogP contribution in [0.4, 0.5) is 13.2 Å². The normalized spacial score (nSPS) is 12.6. The summed E-state index contributed by atoms with van der Waals surface area (Å²) in [4.78, 5) is 11.6. The highest BCUT2D eigenvalue weighted by Gasteiger charge is 2.23. The van der Waals surface area contributed by atoms with Crippen LogP contribution < -0.4 is 4.74 Å². The second-order valence-electron chi connectivity index (χ2n) is 8.76. The Kier molecular flexibility index (Phi) is 7.75. The minimum atomic E-state index is -2.63. The van der Waals surface area contributed by atoms with Crippen LogP contribution in [0, 0.1) is 0 Å². The van der Waals surface area contributed by atoms with E-state index in [1.807, 2.05) is 32.0 Å². The Balaban J connectivity index is 2.29. The number of carbonyl (C=O) groups excluding carboxylic acids is 1. The lowest BCUT2D eigenvalue weighted by Gasteiger charge is -2.21. The fourth-order valence-electron chi connectivity index (χ4n) is 3.76. The van der Waals surface area contributed by atoms with Crippen molar-refractivity contribution in [1.29, 1.82) is 0 Å². The number of fused-ring (bicyclic) bond motifs is 1. The van der Waals surface area contributed by atoms with Gasteiger partial charge in [-0.05, 0) is 42.0 Å². The number of esters is 1. The van der Waals surface area contributed by atoms with Crippen molar-refractivity contribution < 1.29 is 31.9 Å². The molecule has 1 aromatic heterocycles. The van der Waals surface area contributed by atoms with Gasteiger partial charge in [-0.15, -0.1) is 0 Å². The lowest BCUT2D eigenvalue weighted by atomic mass is 9.89. The fraction of sp³-hybridized carbons (Fsp3) is 0.370. The largest absolute Gasteiger partial charge is 0.487 e. The molecule has 34 heavy (non-hydrogen) atoms. The van der Waals surface area contributed by atoms with Crippen molar-refractivity contribution in [2.45, 2.75) is 52.9 Å². The summed E-state index contributed by atoms with van der Waals surface area (Å²) in [7, 11) is 1.10. The van der Waals surface area contributed by atoms with Crippen molar-refractivity contribution in [1.82, 2.24) is 0 Å². The number of para-hydroxylation sites is 1. The first kappa shape index (κ1) is 25.4. The van der Waals surface area contributed by atoms with Gasteiger partial charge in [0.05, 0.1) is 7.11 Å². The molecular weight excluding hydrogens is 445 g/mol.